The van der Waals surface area contributed by atoms with E-state index in [0.29, 0.717) is 11.8 Å². The molecule has 1 unspecified atom stereocenters. The van der Waals surface area contributed by atoms with E-state index in [1.807, 2.05) is 26.1 Å². The number of hydrogen-bond donors (Lipinski definition) is 0. The Morgan fingerprint density at radius 1 is 1.04 bits per heavy atom. The van der Waals surface area contributed by atoms with Crippen molar-refractivity contribution in [1.29, 1.82) is 0 Å². The van der Waals surface area contributed by atoms with Gasteiger partial charge in [0.2, 0.25) is 0 Å². The average Bonchev–Trinajstić information content (AvgIpc) is 2.71. The lowest BCUT2D eigenvalue weighted by Gasteiger charge is -2.22. The molecule has 0 N–H and O–H groups in total. The summed E-state index contributed by atoms with van der Waals surface area (Å²) in [6.07, 6.45) is 10.4. The van der Waals surface area contributed by atoms with Crippen molar-refractivity contribution >= 4 is 5.57 Å². The zero-order valence-corrected chi connectivity index (χ0v) is 18.3. The van der Waals surface area contributed by atoms with Crippen molar-refractivity contribution in [3.8, 4) is 0 Å². The normalized spacial score (nSPS) is 15.8. The maximum Gasteiger partial charge on any atom is 0.0658 e. The summed E-state index contributed by atoms with van der Waals surface area (Å²) in [7, 11) is 0. The van der Waals surface area contributed by atoms with Gasteiger partial charge in [0.15, 0.2) is 0 Å². The number of hydrogen-bond acceptors (Lipinski definition) is 1. The summed E-state index contributed by atoms with van der Waals surface area (Å²) in [5.74, 6) is 1.25. The van der Waals surface area contributed by atoms with Gasteiger partial charge < -0.3 is 0 Å². The summed E-state index contributed by atoms with van der Waals surface area (Å²) in [4.78, 5) is 4.52. The van der Waals surface area contributed by atoms with Gasteiger partial charge in [-0.2, -0.15) is 0 Å². The Hall–Kier alpha value is -1.89. The second-order valence-electron chi connectivity index (χ2n) is 7.46. The fraction of sp³-hybridized carbons (Fsp3) is 0.500. The zero-order valence-electron chi connectivity index (χ0n) is 18.3. The molecular weight excluding hydrogens is 326 g/mol. The zero-order chi connectivity index (χ0) is 20.1. The summed E-state index contributed by atoms with van der Waals surface area (Å²) in [6.45, 7) is 12.8. The summed E-state index contributed by atoms with van der Waals surface area (Å²) in [6, 6.07) is 15.4. The smallest absolute Gasteiger partial charge is 0.0658 e. The average molecular weight is 366 g/mol. The van der Waals surface area contributed by atoms with Crippen LogP contribution >= 0.6 is 0 Å². The lowest BCUT2D eigenvalue weighted by atomic mass is 9.83. The number of allylic oxidation sites excluding steroid dienone is 2. The van der Waals surface area contributed by atoms with Crippen LogP contribution in [0.15, 0.2) is 54.7 Å². The molecule has 0 fully saturated rings. The van der Waals surface area contributed by atoms with Gasteiger partial charge in [0, 0.05) is 12.1 Å². The Bertz CT molecular complexity index is 655. The van der Waals surface area contributed by atoms with Crippen LogP contribution in [0.3, 0.4) is 0 Å². The van der Waals surface area contributed by atoms with Crippen molar-refractivity contribution in [1.82, 2.24) is 4.98 Å². The van der Waals surface area contributed by atoms with Gasteiger partial charge in [-0.05, 0) is 60.4 Å². The fourth-order valence-corrected chi connectivity index (χ4v) is 3.37. The molecule has 27 heavy (non-hydrogen) atoms. The van der Waals surface area contributed by atoms with Crippen molar-refractivity contribution in [3.63, 3.8) is 0 Å². The van der Waals surface area contributed by atoms with Crippen LogP contribution in [-0.2, 0) is 6.42 Å². The van der Waals surface area contributed by atoms with Crippen LogP contribution in [0.2, 0.25) is 0 Å². The third kappa shape index (κ3) is 8.12. The predicted molar refractivity (Wildman–Crippen MR) is 121 cm³/mol. The van der Waals surface area contributed by atoms with Crippen LogP contribution in [-0.4, -0.2) is 4.98 Å². The molecule has 0 amide bonds. The van der Waals surface area contributed by atoms with Crippen LogP contribution < -0.4 is 0 Å². The first-order valence-electron chi connectivity index (χ1n) is 10.8. The van der Waals surface area contributed by atoms with Gasteiger partial charge in [0.05, 0.1) is 5.69 Å². The molecule has 0 saturated carbocycles. The molecule has 1 atom stereocenters. The molecule has 0 bridgehead atoms. The highest BCUT2D eigenvalue weighted by molar-refractivity contribution is 5.64. The molecule has 148 valence electrons. The molecule has 1 aliphatic carbocycles. The molecule has 0 spiro atoms. The lowest BCUT2D eigenvalue weighted by molar-refractivity contribution is 0.640. The number of benzene rings is 1. The second kappa shape index (κ2) is 13.3. The molecule has 1 aliphatic rings. The minimum absolute atomic E-state index is 0.540. The van der Waals surface area contributed by atoms with Crippen molar-refractivity contribution in [2.24, 2.45) is 5.92 Å². The molecule has 0 saturated heterocycles. The fourth-order valence-electron chi connectivity index (χ4n) is 3.37. The second-order valence-corrected chi connectivity index (χ2v) is 7.46. The van der Waals surface area contributed by atoms with Gasteiger partial charge in [0.1, 0.15) is 0 Å². The SMILES string of the molecule is CC.CC(C)Cc1cccc(C2C=C(c3ccccn3)CCC2)c1.CCC. The minimum atomic E-state index is 0.540. The van der Waals surface area contributed by atoms with Crippen molar-refractivity contribution in [2.45, 2.75) is 79.6 Å². The molecule has 1 heteroatoms. The number of rotatable bonds is 4. The highest BCUT2D eigenvalue weighted by atomic mass is 14.7. The van der Waals surface area contributed by atoms with Crippen LogP contribution in [0.1, 0.15) is 90.0 Å². The van der Waals surface area contributed by atoms with Gasteiger partial charge in [-0.25, -0.2) is 0 Å². The van der Waals surface area contributed by atoms with Crippen LogP contribution in [0.25, 0.3) is 5.57 Å². The Morgan fingerprint density at radius 2 is 1.78 bits per heavy atom. The Labute approximate surface area is 167 Å². The van der Waals surface area contributed by atoms with E-state index in [4.69, 9.17) is 0 Å². The molecule has 2 aromatic rings. The highest BCUT2D eigenvalue weighted by Crippen LogP contribution is 2.35. The third-order valence-corrected chi connectivity index (χ3v) is 4.38. The van der Waals surface area contributed by atoms with E-state index in [1.54, 1.807) is 0 Å². The van der Waals surface area contributed by atoms with Gasteiger partial charge in [-0.3, -0.25) is 4.98 Å². The van der Waals surface area contributed by atoms with E-state index < -0.39 is 0 Å². The van der Waals surface area contributed by atoms with Gasteiger partial charge >= 0.3 is 0 Å². The summed E-state index contributed by atoms with van der Waals surface area (Å²) in [5, 5.41) is 0. The summed E-state index contributed by atoms with van der Waals surface area (Å²) >= 11 is 0. The van der Waals surface area contributed by atoms with E-state index in [-0.39, 0.29) is 0 Å². The molecule has 3 rings (SSSR count). The van der Waals surface area contributed by atoms with Crippen molar-refractivity contribution < 1.29 is 0 Å². The first kappa shape index (κ1) is 23.1. The van der Waals surface area contributed by atoms with E-state index >= 15 is 0 Å². The third-order valence-electron chi connectivity index (χ3n) is 4.38. The Morgan fingerprint density at radius 3 is 2.41 bits per heavy atom. The maximum absolute atomic E-state index is 4.52. The van der Waals surface area contributed by atoms with E-state index in [2.05, 4.69) is 75.2 Å². The molecule has 1 aromatic heterocycles. The molecule has 1 nitrogen and oxygen atoms in total. The van der Waals surface area contributed by atoms with Gasteiger partial charge in [0.25, 0.3) is 0 Å². The maximum atomic E-state index is 4.52. The van der Waals surface area contributed by atoms with Crippen LogP contribution in [0, 0.1) is 5.92 Å². The lowest BCUT2D eigenvalue weighted by Crippen LogP contribution is -2.05. The highest BCUT2D eigenvalue weighted by Gasteiger charge is 2.17. The predicted octanol–water partition coefficient (Wildman–Crippen LogP) is 8.07. The van der Waals surface area contributed by atoms with Gasteiger partial charge in [-0.1, -0.05) is 84.4 Å². The number of nitrogens with zero attached hydrogens (tertiary/aromatic N) is 1. The number of pyridine rings is 1. The Balaban J connectivity index is 0.000000665. The number of aromatic nitrogens is 1. The van der Waals surface area contributed by atoms with E-state index in [0.717, 1.165) is 18.5 Å². The van der Waals surface area contributed by atoms with Crippen molar-refractivity contribution in [2.75, 3.05) is 0 Å². The monoisotopic (exact) mass is 365 g/mol. The van der Waals surface area contributed by atoms with E-state index in [9.17, 15) is 0 Å². The molecule has 1 aromatic carbocycles. The molecule has 0 radical (unpaired) electrons. The summed E-state index contributed by atoms with van der Waals surface area (Å²) in [5.41, 5.74) is 5.48. The molecular formula is C26H39N. The Kier molecular flexibility index (Phi) is 11.4. The first-order valence-corrected chi connectivity index (χ1v) is 10.8. The van der Waals surface area contributed by atoms with Crippen molar-refractivity contribution in [3.05, 3.63) is 71.6 Å². The largest absolute Gasteiger partial charge is 0.257 e. The molecule has 0 aliphatic heterocycles. The van der Waals surface area contributed by atoms with Crippen LogP contribution in [0.5, 0.6) is 0 Å². The standard InChI is InChI=1S/C21H25N.C3H8.C2H6/c1-16(2)13-17-7-5-8-18(14-17)19-9-6-10-20(15-19)21-11-3-4-12-22-21;1-3-2;1-2/h3-5,7-8,11-12,14-16,19H,6,9-10,13H2,1-2H3;3H2,1-2H3;1-2H3. The van der Waals surface area contributed by atoms with Gasteiger partial charge in [-0.15, -0.1) is 0 Å². The van der Waals surface area contributed by atoms with E-state index in [1.165, 1.54) is 36.0 Å². The first-order chi connectivity index (χ1) is 13.1. The van der Waals surface area contributed by atoms with Crippen LogP contribution in [0.4, 0.5) is 0 Å². The molecule has 1 heterocycles. The summed E-state index contributed by atoms with van der Waals surface area (Å²) < 4.78 is 0. The quantitative estimate of drug-likeness (QED) is 0.533. The topological polar surface area (TPSA) is 12.9 Å². The minimum Gasteiger partial charge on any atom is -0.257 e.